The van der Waals surface area contributed by atoms with Crippen LogP contribution in [0.5, 0.6) is 0 Å². The van der Waals surface area contributed by atoms with Crippen molar-refractivity contribution in [2.45, 2.75) is 24.7 Å². The average Bonchev–Trinajstić information content (AvgIpc) is 3.11. The van der Waals surface area contributed by atoms with Crippen molar-refractivity contribution >= 4 is 21.6 Å². The topological polar surface area (TPSA) is 115 Å². The van der Waals surface area contributed by atoms with Gasteiger partial charge in [0.15, 0.2) is 0 Å². The lowest BCUT2D eigenvalue weighted by atomic mass is 10.1. The van der Waals surface area contributed by atoms with Crippen molar-refractivity contribution < 1.29 is 13.2 Å². The van der Waals surface area contributed by atoms with Crippen LogP contribution in [-0.4, -0.2) is 20.9 Å². The Bertz CT molecular complexity index is 621. The summed E-state index contributed by atoms with van der Waals surface area (Å²) >= 11 is 0. The molecule has 0 aromatic heterocycles. The van der Waals surface area contributed by atoms with E-state index in [1.165, 1.54) is 6.07 Å². The van der Waals surface area contributed by atoms with Gasteiger partial charge in [-0.15, -0.1) is 0 Å². The SMILES string of the molecule is Cc1c(NC(=O)C2(CN)CC2)cccc1S(N)(=O)=O. The molecule has 0 spiro atoms. The summed E-state index contributed by atoms with van der Waals surface area (Å²) < 4.78 is 22.8. The summed E-state index contributed by atoms with van der Waals surface area (Å²) in [7, 11) is -3.79. The maximum atomic E-state index is 12.1. The Morgan fingerprint density at radius 1 is 1.42 bits per heavy atom. The molecule has 0 bridgehead atoms. The van der Waals surface area contributed by atoms with E-state index in [1.807, 2.05) is 0 Å². The van der Waals surface area contributed by atoms with Crippen LogP contribution >= 0.6 is 0 Å². The number of carbonyl (C=O) groups is 1. The van der Waals surface area contributed by atoms with Crippen LogP contribution in [0, 0.1) is 12.3 Å². The van der Waals surface area contributed by atoms with Gasteiger partial charge in [-0.1, -0.05) is 6.07 Å². The lowest BCUT2D eigenvalue weighted by molar-refractivity contribution is -0.120. The molecule has 1 fully saturated rings. The summed E-state index contributed by atoms with van der Waals surface area (Å²) in [6.45, 7) is 1.91. The number of primary sulfonamides is 1. The molecule has 1 aliphatic rings. The standard InChI is InChI=1S/C12H17N3O3S/c1-8-9(3-2-4-10(8)19(14,17)18)15-11(16)12(7-13)5-6-12/h2-4H,5-7,13H2,1H3,(H,15,16)(H2,14,17,18). The highest BCUT2D eigenvalue weighted by molar-refractivity contribution is 7.89. The molecule has 0 unspecified atom stereocenters. The molecule has 0 aliphatic heterocycles. The van der Waals surface area contributed by atoms with Gasteiger partial charge in [0.1, 0.15) is 0 Å². The fraction of sp³-hybridized carbons (Fsp3) is 0.417. The van der Waals surface area contributed by atoms with Crippen molar-refractivity contribution in [3.8, 4) is 0 Å². The van der Waals surface area contributed by atoms with Crippen LogP contribution in [0.2, 0.25) is 0 Å². The first kappa shape index (κ1) is 14.0. The van der Waals surface area contributed by atoms with Gasteiger partial charge in [0.25, 0.3) is 0 Å². The highest BCUT2D eigenvalue weighted by Gasteiger charge is 2.48. The van der Waals surface area contributed by atoms with Crippen molar-refractivity contribution in [1.82, 2.24) is 0 Å². The molecule has 7 heteroatoms. The zero-order valence-electron chi connectivity index (χ0n) is 10.6. The van der Waals surface area contributed by atoms with E-state index in [2.05, 4.69) is 5.32 Å². The second kappa shape index (κ2) is 4.59. The molecular formula is C12H17N3O3S. The van der Waals surface area contributed by atoms with Gasteiger partial charge in [0.2, 0.25) is 15.9 Å². The fourth-order valence-electron chi connectivity index (χ4n) is 1.99. The third-order valence-electron chi connectivity index (χ3n) is 3.56. The van der Waals surface area contributed by atoms with Crippen molar-refractivity contribution in [1.29, 1.82) is 0 Å². The Kier molecular flexibility index (Phi) is 3.38. The van der Waals surface area contributed by atoms with Crippen LogP contribution in [-0.2, 0) is 14.8 Å². The van der Waals surface area contributed by atoms with E-state index < -0.39 is 15.4 Å². The number of hydrogen-bond donors (Lipinski definition) is 3. The highest BCUT2D eigenvalue weighted by Crippen LogP contribution is 2.45. The first-order valence-electron chi connectivity index (χ1n) is 5.94. The molecule has 6 nitrogen and oxygen atoms in total. The molecular weight excluding hydrogens is 266 g/mol. The second-order valence-corrected chi connectivity index (χ2v) is 6.44. The third kappa shape index (κ3) is 2.63. The molecule has 1 aliphatic carbocycles. The Hall–Kier alpha value is -1.44. The molecule has 5 N–H and O–H groups in total. The molecule has 0 heterocycles. The van der Waals surface area contributed by atoms with Crippen LogP contribution < -0.4 is 16.2 Å². The van der Waals surface area contributed by atoms with Gasteiger partial charge >= 0.3 is 0 Å². The smallest absolute Gasteiger partial charge is 0.238 e. The van der Waals surface area contributed by atoms with Crippen molar-refractivity contribution in [3.63, 3.8) is 0 Å². The van der Waals surface area contributed by atoms with Crippen LogP contribution in [0.3, 0.4) is 0 Å². The molecule has 104 valence electrons. The summed E-state index contributed by atoms with van der Waals surface area (Å²) in [6.07, 6.45) is 1.53. The van der Waals surface area contributed by atoms with E-state index in [0.29, 0.717) is 17.8 Å². The van der Waals surface area contributed by atoms with Crippen LogP contribution in [0.1, 0.15) is 18.4 Å². The third-order valence-corrected chi connectivity index (χ3v) is 4.62. The number of anilines is 1. The van der Waals surface area contributed by atoms with Crippen LogP contribution in [0.4, 0.5) is 5.69 Å². The number of carbonyl (C=O) groups excluding carboxylic acids is 1. The van der Waals surface area contributed by atoms with Crippen molar-refractivity contribution in [2.75, 3.05) is 11.9 Å². The Balaban J connectivity index is 2.30. The van der Waals surface area contributed by atoms with Gasteiger partial charge < -0.3 is 11.1 Å². The summed E-state index contributed by atoms with van der Waals surface area (Å²) in [4.78, 5) is 12.1. The number of amides is 1. The van der Waals surface area contributed by atoms with Crippen LogP contribution in [0.15, 0.2) is 23.1 Å². The quantitative estimate of drug-likeness (QED) is 0.738. The summed E-state index contributed by atoms with van der Waals surface area (Å²) in [6, 6.07) is 4.61. The maximum Gasteiger partial charge on any atom is 0.238 e. The average molecular weight is 283 g/mol. The van der Waals surface area contributed by atoms with E-state index in [-0.39, 0.29) is 10.8 Å². The summed E-state index contributed by atoms with van der Waals surface area (Å²) in [5, 5.41) is 7.86. The molecule has 2 rings (SSSR count). The summed E-state index contributed by atoms with van der Waals surface area (Å²) in [5.74, 6) is -0.162. The minimum atomic E-state index is -3.79. The lowest BCUT2D eigenvalue weighted by Crippen LogP contribution is -2.31. The van der Waals surface area contributed by atoms with Gasteiger partial charge in [0.05, 0.1) is 10.3 Å². The normalized spacial score (nSPS) is 17.0. The first-order chi connectivity index (χ1) is 8.80. The first-order valence-corrected chi connectivity index (χ1v) is 7.49. The van der Waals surface area contributed by atoms with Gasteiger partial charge in [-0.05, 0) is 37.5 Å². The molecule has 0 radical (unpaired) electrons. The second-order valence-electron chi connectivity index (χ2n) is 4.91. The van der Waals surface area contributed by atoms with Gasteiger partial charge in [0, 0.05) is 12.2 Å². The van der Waals surface area contributed by atoms with E-state index in [0.717, 1.165) is 12.8 Å². The van der Waals surface area contributed by atoms with E-state index in [4.69, 9.17) is 10.9 Å². The number of sulfonamides is 1. The summed E-state index contributed by atoms with van der Waals surface area (Å²) in [5.41, 5.74) is 5.99. The van der Waals surface area contributed by atoms with E-state index in [9.17, 15) is 13.2 Å². The van der Waals surface area contributed by atoms with Crippen molar-refractivity contribution in [3.05, 3.63) is 23.8 Å². The number of nitrogens with two attached hydrogens (primary N) is 2. The molecule has 1 aromatic carbocycles. The lowest BCUT2D eigenvalue weighted by Gasteiger charge is -2.15. The number of rotatable bonds is 4. The van der Waals surface area contributed by atoms with Crippen molar-refractivity contribution in [2.24, 2.45) is 16.3 Å². The molecule has 0 atom stereocenters. The van der Waals surface area contributed by atoms with Gasteiger partial charge in [-0.2, -0.15) is 0 Å². The molecule has 19 heavy (non-hydrogen) atoms. The van der Waals surface area contributed by atoms with Crippen LogP contribution in [0.25, 0.3) is 0 Å². The minimum Gasteiger partial charge on any atom is -0.329 e. The van der Waals surface area contributed by atoms with E-state index >= 15 is 0 Å². The molecule has 1 amide bonds. The highest BCUT2D eigenvalue weighted by atomic mass is 32.2. The fourth-order valence-corrected chi connectivity index (χ4v) is 2.79. The molecule has 1 saturated carbocycles. The largest absolute Gasteiger partial charge is 0.329 e. The number of nitrogens with one attached hydrogen (secondary N) is 1. The zero-order chi connectivity index (χ0) is 14.3. The zero-order valence-corrected chi connectivity index (χ0v) is 11.5. The van der Waals surface area contributed by atoms with Gasteiger partial charge in [-0.3, -0.25) is 4.79 Å². The monoisotopic (exact) mass is 283 g/mol. The Labute approximate surface area is 112 Å². The van der Waals surface area contributed by atoms with E-state index in [1.54, 1.807) is 19.1 Å². The Morgan fingerprint density at radius 2 is 2.05 bits per heavy atom. The predicted octanol–water partition coefficient (Wildman–Crippen LogP) is 0.320. The molecule has 1 aromatic rings. The predicted molar refractivity (Wildman–Crippen MR) is 71.9 cm³/mol. The maximum absolute atomic E-state index is 12.1. The molecule has 0 saturated heterocycles. The Morgan fingerprint density at radius 3 is 2.53 bits per heavy atom. The minimum absolute atomic E-state index is 0.0166. The number of benzene rings is 1. The number of hydrogen-bond acceptors (Lipinski definition) is 4. The van der Waals surface area contributed by atoms with Gasteiger partial charge in [-0.25, -0.2) is 13.6 Å².